The average molecular weight is 320 g/mol. The number of rotatable bonds is 3. The molecule has 1 amide bonds. The molecule has 0 unspecified atom stereocenters. The molecule has 3 aromatic rings. The van der Waals surface area contributed by atoms with E-state index < -0.39 is 0 Å². The standard InChI is InChI=1S/C15H11Cl2N3O/c16-10-2-3-11(12(17)6-10)15(21)18-7-9-1-4-13-14(5-9)20-8-19-13/h1-6,8H,7H2,(H,18,21)(H,19,20). The summed E-state index contributed by atoms with van der Waals surface area (Å²) in [5, 5.41) is 3.67. The Morgan fingerprint density at radius 3 is 2.86 bits per heavy atom. The van der Waals surface area contributed by atoms with Gasteiger partial charge in [-0.15, -0.1) is 0 Å². The van der Waals surface area contributed by atoms with Crippen molar-refractivity contribution in [1.82, 2.24) is 15.3 Å². The first-order chi connectivity index (χ1) is 10.1. The fourth-order valence-electron chi connectivity index (χ4n) is 2.04. The lowest BCUT2D eigenvalue weighted by molar-refractivity contribution is 0.0951. The van der Waals surface area contributed by atoms with Crippen LogP contribution in [0, 0.1) is 0 Å². The molecule has 0 saturated carbocycles. The molecule has 106 valence electrons. The van der Waals surface area contributed by atoms with Crippen LogP contribution in [0.1, 0.15) is 15.9 Å². The fraction of sp³-hybridized carbons (Fsp3) is 0.0667. The van der Waals surface area contributed by atoms with E-state index in [0.717, 1.165) is 16.6 Å². The Kier molecular flexibility index (Phi) is 3.82. The number of nitrogens with one attached hydrogen (secondary N) is 2. The Morgan fingerprint density at radius 2 is 2.05 bits per heavy atom. The normalized spacial score (nSPS) is 10.8. The molecule has 0 atom stereocenters. The number of fused-ring (bicyclic) bond motifs is 1. The number of H-pyrrole nitrogens is 1. The molecule has 2 N–H and O–H groups in total. The largest absolute Gasteiger partial charge is 0.348 e. The minimum absolute atomic E-state index is 0.235. The molecule has 1 aromatic heterocycles. The fourth-order valence-corrected chi connectivity index (χ4v) is 2.54. The van der Waals surface area contributed by atoms with E-state index in [0.29, 0.717) is 22.2 Å². The van der Waals surface area contributed by atoms with Crippen LogP contribution in [0.3, 0.4) is 0 Å². The molecule has 0 aliphatic carbocycles. The lowest BCUT2D eigenvalue weighted by Gasteiger charge is -2.07. The number of nitrogens with zero attached hydrogens (tertiary/aromatic N) is 1. The Hall–Kier alpha value is -2.04. The van der Waals surface area contributed by atoms with Crippen LogP contribution < -0.4 is 5.32 Å². The van der Waals surface area contributed by atoms with Gasteiger partial charge < -0.3 is 10.3 Å². The molecular weight excluding hydrogens is 309 g/mol. The topological polar surface area (TPSA) is 57.8 Å². The van der Waals surface area contributed by atoms with E-state index in [1.807, 2.05) is 18.2 Å². The highest BCUT2D eigenvalue weighted by Crippen LogP contribution is 2.21. The number of carbonyl (C=O) groups is 1. The van der Waals surface area contributed by atoms with Gasteiger partial charge in [-0.2, -0.15) is 0 Å². The summed E-state index contributed by atoms with van der Waals surface area (Å²) in [6, 6.07) is 10.6. The lowest BCUT2D eigenvalue weighted by Crippen LogP contribution is -2.23. The third kappa shape index (κ3) is 3.01. The van der Waals surface area contributed by atoms with Crippen LogP contribution in [-0.4, -0.2) is 15.9 Å². The van der Waals surface area contributed by atoms with Gasteiger partial charge in [0, 0.05) is 11.6 Å². The second-order valence-corrected chi connectivity index (χ2v) is 5.40. The van der Waals surface area contributed by atoms with Crippen molar-refractivity contribution in [2.24, 2.45) is 0 Å². The van der Waals surface area contributed by atoms with E-state index in [-0.39, 0.29) is 5.91 Å². The second-order valence-electron chi connectivity index (χ2n) is 4.56. The van der Waals surface area contributed by atoms with Crippen molar-refractivity contribution in [3.8, 4) is 0 Å². The molecule has 2 aromatic carbocycles. The van der Waals surface area contributed by atoms with Gasteiger partial charge in [-0.3, -0.25) is 4.79 Å². The molecule has 0 fully saturated rings. The first kappa shape index (κ1) is 13.9. The molecular formula is C15H11Cl2N3O. The Balaban J connectivity index is 1.73. The number of halogens is 2. The summed E-state index contributed by atoms with van der Waals surface area (Å²) in [6.07, 6.45) is 1.64. The molecule has 6 heteroatoms. The summed E-state index contributed by atoms with van der Waals surface area (Å²) in [5.41, 5.74) is 3.21. The van der Waals surface area contributed by atoms with Gasteiger partial charge in [0.05, 0.1) is 27.9 Å². The van der Waals surface area contributed by atoms with Gasteiger partial charge >= 0.3 is 0 Å². The predicted octanol–water partition coefficient (Wildman–Crippen LogP) is 3.80. The number of hydrogen-bond donors (Lipinski definition) is 2. The summed E-state index contributed by atoms with van der Waals surface area (Å²) in [6.45, 7) is 0.409. The number of amides is 1. The summed E-state index contributed by atoms with van der Waals surface area (Å²) in [5.74, 6) is -0.235. The molecule has 0 aliphatic heterocycles. The minimum atomic E-state index is -0.235. The Morgan fingerprint density at radius 1 is 1.19 bits per heavy atom. The maximum absolute atomic E-state index is 12.1. The number of aromatic amines is 1. The zero-order chi connectivity index (χ0) is 14.8. The molecule has 0 saturated heterocycles. The van der Waals surface area contributed by atoms with Crippen molar-refractivity contribution in [3.05, 3.63) is 63.9 Å². The first-order valence-electron chi connectivity index (χ1n) is 6.29. The van der Waals surface area contributed by atoms with Crippen LogP contribution in [0.15, 0.2) is 42.7 Å². The van der Waals surface area contributed by atoms with Crippen molar-refractivity contribution < 1.29 is 4.79 Å². The van der Waals surface area contributed by atoms with Crippen molar-refractivity contribution in [1.29, 1.82) is 0 Å². The molecule has 1 heterocycles. The highest BCUT2D eigenvalue weighted by atomic mass is 35.5. The van der Waals surface area contributed by atoms with Gasteiger partial charge in [0.15, 0.2) is 0 Å². The molecule has 3 rings (SSSR count). The van der Waals surface area contributed by atoms with Crippen molar-refractivity contribution in [2.45, 2.75) is 6.54 Å². The van der Waals surface area contributed by atoms with Crippen LogP contribution in [0.2, 0.25) is 10.0 Å². The van der Waals surface area contributed by atoms with E-state index >= 15 is 0 Å². The number of hydrogen-bond acceptors (Lipinski definition) is 2. The molecule has 0 aliphatic rings. The monoisotopic (exact) mass is 319 g/mol. The second kappa shape index (κ2) is 5.76. The van der Waals surface area contributed by atoms with Gasteiger partial charge in [-0.05, 0) is 35.9 Å². The van der Waals surface area contributed by atoms with Gasteiger partial charge in [0.1, 0.15) is 0 Å². The van der Waals surface area contributed by atoms with E-state index in [9.17, 15) is 4.79 Å². The summed E-state index contributed by atoms with van der Waals surface area (Å²) in [4.78, 5) is 19.3. The number of aromatic nitrogens is 2. The van der Waals surface area contributed by atoms with Crippen LogP contribution in [0.25, 0.3) is 11.0 Å². The number of benzene rings is 2. The maximum Gasteiger partial charge on any atom is 0.253 e. The van der Waals surface area contributed by atoms with E-state index in [2.05, 4.69) is 15.3 Å². The van der Waals surface area contributed by atoms with E-state index in [1.54, 1.807) is 24.5 Å². The van der Waals surface area contributed by atoms with Gasteiger partial charge in [-0.25, -0.2) is 4.98 Å². The molecule has 0 spiro atoms. The maximum atomic E-state index is 12.1. The molecule has 0 bridgehead atoms. The predicted molar refractivity (Wildman–Crippen MR) is 83.7 cm³/mol. The molecule has 21 heavy (non-hydrogen) atoms. The molecule has 4 nitrogen and oxygen atoms in total. The Labute approximate surface area is 131 Å². The minimum Gasteiger partial charge on any atom is -0.348 e. The lowest BCUT2D eigenvalue weighted by atomic mass is 10.1. The van der Waals surface area contributed by atoms with Gasteiger partial charge in [-0.1, -0.05) is 29.3 Å². The van der Waals surface area contributed by atoms with Crippen LogP contribution in [0.4, 0.5) is 0 Å². The molecule has 0 radical (unpaired) electrons. The third-order valence-electron chi connectivity index (χ3n) is 3.11. The van der Waals surface area contributed by atoms with E-state index in [4.69, 9.17) is 23.2 Å². The highest BCUT2D eigenvalue weighted by molar-refractivity contribution is 6.36. The summed E-state index contributed by atoms with van der Waals surface area (Å²) in [7, 11) is 0. The Bertz CT molecular complexity index is 814. The van der Waals surface area contributed by atoms with Crippen LogP contribution in [-0.2, 0) is 6.54 Å². The zero-order valence-corrected chi connectivity index (χ0v) is 12.4. The van der Waals surface area contributed by atoms with Gasteiger partial charge in [0.2, 0.25) is 0 Å². The number of carbonyl (C=O) groups excluding carboxylic acids is 1. The third-order valence-corrected chi connectivity index (χ3v) is 3.66. The van der Waals surface area contributed by atoms with Crippen LogP contribution >= 0.6 is 23.2 Å². The highest BCUT2D eigenvalue weighted by Gasteiger charge is 2.10. The summed E-state index contributed by atoms with van der Waals surface area (Å²) < 4.78 is 0. The van der Waals surface area contributed by atoms with Gasteiger partial charge in [0.25, 0.3) is 5.91 Å². The smallest absolute Gasteiger partial charge is 0.253 e. The average Bonchev–Trinajstić information content (AvgIpc) is 2.92. The zero-order valence-electron chi connectivity index (χ0n) is 10.9. The van der Waals surface area contributed by atoms with E-state index in [1.165, 1.54) is 0 Å². The van der Waals surface area contributed by atoms with Crippen molar-refractivity contribution in [2.75, 3.05) is 0 Å². The number of imidazole rings is 1. The SMILES string of the molecule is O=C(NCc1ccc2nc[nH]c2c1)c1ccc(Cl)cc1Cl. The van der Waals surface area contributed by atoms with Crippen molar-refractivity contribution >= 4 is 40.1 Å². The van der Waals surface area contributed by atoms with Crippen molar-refractivity contribution in [3.63, 3.8) is 0 Å². The first-order valence-corrected chi connectivity index (χ1v) is 7.04. The van der Waals surface area contributed by atoms with Crippen LogP contribution in [0.5, 0.6) is 0 Å². The summed E-state index contributed by atoms with van der Waals surface area (Å²) >= 11 is 11.8. The quantitative estimate of drug-likeness (QED) is 0.771.